The van der Waals surface area contributed by atoms with Gasteiger partial charge in [-0.2, -0.15) is 4.98 Å². The maximum absolute atomic E-state index is 11.3. The van der Waals surface area contributed by atoms with E-state index >= 15 is 0 Å². The lowest BCUT2D eigenvalue weighted by Gasteiger charge is -2.09. The van der Waals surface area contributed by atoms with Crippen molar-refractivity contribution in [2.45, 2.75) is 0 Å². The van der Waals surface area contributed by atoms with Crippen molar-refractivity contribution in [2.75, 3.05) is 5.43 Å². The highest BCUT2D eigenvalue weighted by Crippen LogP contribution is 2.32. The van der Waals surface area contributed by atoms with Crippen molar-refractivity contribution >= 4 is 17.4 Å². The maximum Gasteiger partial charge on any atom is 0.331 e. The van der Waals surface area contributed by atoms with Gasteiger partial charge in [0.1, 0.15) is 11.6 Å². The first kappa shape index (κ1) is 14.2. The highest BCUT2D eigenvalue weighted by molar-refractivity contribution is 5.95. The van der Waals surface area contributed by atoms with Gasteiger partial charge in [-0.3, -0.25) is 14.9 Å². The fourth-order valence-corrected chi connectivity index (χ4v) is 1.59. The summed E-state index contributed by atoms with van der Waals surface area (Å²) in [5.74, 6) is 4.42. The van der Waals surface area contributed by atoms with E-state index in [9.17, 15) is 14.9 Å². The van der Waals surface area contributed by atoms with Crippen molar-refractivity contribution < 1.29 is 14.5 Å². The predicted octanol–water partition coefficient (Wildman–Crippen LogP) is 1.17. The summed E-state index contributed by atoms with van der Waals surface area (Å²) in [4.78, 5) is 25.5. The highest BCUT2D eigenvalue weighted by atomic mass is 16.6. The van der Waals surface area contributed by atoms with Crippen LogP contribution in [-0.2, 0) is 0 Å². The average molecular weight is 289 g/mol. The van der Waals surface area contributed by atoms with Crippen LogP contribution in [0.3, 0.4) is 0 Å². The van der Waals surface area contributed by atoms with E-state index in [1.54, 1.807) is 12.1 Å². The Bertz CT molecular complexity index is 704. The zero-order valence-corrected chi connectivity index (χ0v) is 10.6. The molecule has 0 aliphatic carbocycles. The first-order chi connectivity index (χ1) is 10.0. The zero-order valence-electron chi connectivity index (χ0n) is 10.6. The van der Waals surface area contributed by atoms with Crippen molar-refractivity contribution in [2.24, 2.45) is 11.6 Å². The SMILES string of the molecule is NNc1ccc([N+](=O)[O-])c(Oc2ccccc2C(N)=O)n1. The van der Waals surface area contributed by atoms with Crippen molar-refractivity contribution in [3.8, 4) is 11.6 Å². The largest absolute Gasteiger partial charge is 0.433 e. The molecule has 1 heterocycles. The third kappa shape index (κ3) is 3.04. The Labute approximate surface area is 118 Å². The molecule has 2 aromatic rings. The van der Waals surface area contributed by atoms with E-state index in [1.165, 1.54) is 24.3 Å². The van der Waals surface area contributed by atoms with Crippen molar-refractivity contribution in [1.82, 2.24) is 4.98 Å². The molecule has 0 saturated heterocycles. The van der Waals surface area contributed by atoms with Crippen LogP contribution in [-0.4, -0.2) is 15.8 Å². The molecular formula is C12H11N5O4. The fourth-order valence-electron chi connectivity index (χ4n) is 1.59. The monoisotopic (exact) mass is 289 g/mol. The van der Waals surface area contributed by atoms with Gasteiger partial charge < -0.3 is 15.9 Å². The van der Waals surface area contributed by atoms with Crippen LogP contribution < -0.4 is 21.7 Å². The minimum atomic E-state index is -0.721. The molecule has 21 heavy (non-hydrogen) atoms. The number of aromatic nitrogens is 1. The van der Waals surface area contributed by atoms with Crippen molar-refractivity contribution in [1.29, 1.82) is 0 Å². The van der Waals surface area contributed by atoms with Crippen LogP contribution in [0.2, 0.25) is 0 Å². The Morgan fingerprint density at radius 2 is 2.00 bits per heavy atom. The molecule has 0 spiro atoms. The number of nitrogens with one attached hydrogen (secondary N) is 1. The van der Waals surface area contributed by atoms with Crippen LogP contribution in [0.25, 0.3) is 0 Å². The molecule has 0 aliphatic rings. The van der Waals surface area contributed by atoms with Gasteiger partial charge in [0, 0.05) is 6.07 Å². The van der Waals surface area contributed by atoms with Gasteiger partial charge in [-0.25, -0.2) is 5.84 Å². The second-order valence-corrected chi connectivity index (χ2v) is 3.88. The van der Waals surface area contributed by atoms with Crippen LogP contribution in [0.5, 0.6) is 11.6 Å². The number of nitrogens with two attached hydrogens (primary N) is 2. The Morgan fingerprint density at radius 3 is 2.62 bits per heavy atom. The Hall–Kier alpha value is -3.20. The molecule has 1 aromatic heterocycles. The Balaban J connectivity index is 2.48. The number of rotatable bonds is 5. The Kier molecular flexibility index (Phi) is 3.95. The van der Waals surface area contributed by atoms with Crippen molar-refractivity contribution in [3.05, 3.63) is 52.1 Å². The number of carbonyl (C=O) groups is 1. The summed E-state index contributed by atoms with van der Waals surface area (Å²) in [7, 11) is 0. The summed E-state index contributed by atoms with van der Waals surface area (Å²) in [5, 5.41) is 11.0. The lowest BCUT2D eigenvalue weighted by molar-refractivity contribution is -0.386. The number of benzene rings is 1. The van der Waals surface area contributed by atoms with Gasteiger partial charge in [0.05, 0.1) is 10.5 Å². The summed E-state index contributed by atoms with van der Waals surface area (Å²) in [6, 6.07) is 8.59. The number of carbonyl (C=O) groups excluding carboxylic acids is 1. The summed E-state index contributed by atoms with van der Waals surface area (Å²) in [6.07, 6.45) is 0. The molecule has 0 bridgehead atoms. The molecule has 0 saturated carbocycles. The summed E-state index contributed by atoms with van der Waals surface area (Å²) in [5.41, 5.74) is 7.18. The zero-order chi connectivity index (χ0) is 15.4. The topological polar surface area (TPSA) is 146 Å². The van der Waals surface area contributed by atoms with Crippen molar-refractivity contribution in [3.63, 3.8) is 0 Å². The maximum atomic E-state index is 11.3. The molecule has 2 rings (SSSR count). The molecule has 0 fully saturated rings. The quantitative estimate of drug-likeness (QED) is 0.425. The standard InChI is InChI=1S/C12H11N5O4/c13-11(18)7-3-1-2-4-9(7)21-12-8(17(19)20)5-6-10(15-12)16-14/h1-6H,14H2,(H2,13,18)(H,15,16). The smallest absolute Gasteiger partial charge is 0.331 e. The minimum absolute atomic E-state index is 0.0646. The highest BCUT2D eigenvalue weighted by Gasteiger charge is 2.20. The van der Waals surface area contributed by atoms with Crippen LogP contribution >= 0.6 is 0 Å². The summed E-state index contributed by atoms with van der Waals surface area (Å²) < 4.78 is 5.36. The van der Waals surface area contributed by atoms with E-state index in [2.05, 4.69) is 10.4 Å². The van der Waals surface area contributed by atoms with E-state index < -0.39 is 10.8 Å². The molecule has 0 aliphatic heterocycles. The number of para-hydroxylation sites is 1. The minimum Gasteiger partial charge on any atom is -0.433 e. The van der Waals surface area contributed by atoms with Crippen LogP contribution in [0.1, 0.15) is 10.4 Å². The first-order valence-electron chi connectivity index (χ1n) is 5.71. The number of hydrogen-bond donors (Lipinski definition) is 3. The van der Waals surface area contributed by atoms with Gasteiger partial charge in [0.25, 0.3) is 5.91 Å². The number of primary amides is 1. The van der Waals surface area contributed by atoms with E-state index in [4.69, 9.17) is 16.3 Å². The number of ether oxygens (including phenoxy) is 1. The van der Waals surface area contributed by atoms with E-state index in [0.717, 1.165) is 0 Å². The number of pyridine rings is 1. The van der Waals surface area contributed by atoms with Gasteiger partial charge in [-0.1, -0.05) is 12.1 Å². The molecule has 1 aromatic carbocycles. The fraction of sp³-hybridized carbons (Fsp3) is 0. The van der Waals surface area contributed by atoms with E-state index in [0.29, 0.717) is 0 Å². The summed E-state index contributed by atoms with van der Waals surface area (Å²) >= 11 is 0. The molecule has 1 amide bonds. The number of amides is 1. The lowest BCUT2D eigenvalue weighted by atomic mass is 10.2. The lowest BCUT2D eigenvalue weighted by Crippen LogP contribution is -2.13. The number of nitro groups is 1. The van der Waals surface area contributed by atoms with Gasteiger partial charge in [-0.05, 0) is 18.2 Å². The first-order valence-corrected chi connectivity index (χ1v) is 5.71. The third-order valence-corrected chi connectivity index (χ3v) is 2.54. The Morgan fingerprint density at radius 1 is 1.29 bits per heavy atom. The van der Waals surface area contributed by atoms with Crippen LogP contribution in [0.15, 0.2) is 36.4 Å². The second-order valence-electron chi connectivity index (χ2n) is 3.88. The third-order valence-electron chi connectivity index (χ3n) is 2.54. The van der Waals surface area contributed by atoms with Gasteiger partial charge in [0.2, 0.25) is 0 Å². The molecule has 0 radical (unpaired) electrons. The normalized spacial score (nSPS) is 9.95. The molecule has 9 nitrogen and oxygen atoms in total. The van der Waals surface area contributed by atoms with Gasteiger partial charge in [-0.15, -0.1) is 0 Å². The number of hydrazine groups is 1. The number of nitrogen functional groups attached to an aromatic ring is 1. The molecular weight excluding hydrogens is 278 g/mol. The molecule has 0 atom stereocenters. The van der Waals surface area contributed by atoms with E-state index in [-0.39, 0.29) is 28.7 Å². The molecule has 108 valence electrons. The average Bonchev–Trinajstić information content (AvgIpc) is 2.47. The number of anilines is 1. The van der Waals surface area contributed by atoms with Crippen LogP contribution in [0, 0.1) is 10.1 Å². The number of nitrogens with zero attached hydrogens (tertiary/aromatic N) is 2. The van der Waals surface area contributed by atoms with E-state index in [1.807, 2.05) is 0 Å². The second kappa shape index (κ2) is 5.84. The van der Waals surface area contributed by atoms with Crippen LogP contribution in [0.4, 0.5) is 11.5 Å². The number of hydrogen-bond acceptors (Lipinski definition) is 7. The summed E-state index contributed by atoms with van der Waals surface area (Å²) in [6.45, 7) is 0. The van der Waals surface area contributed by atoms with Gasteiger partial charge >= 0.3 is 11.6 Å². The predicted molar refractivity (Wildman–Crippen MR) is 73.7 cm³/mol. The molecule has 9 heteroatoms. The van der Waals surface area contributed by atoms with Gasteiger partial charge in [0.15, 0.2) is 0 Å². The molecule has 0 unspecified atom stereocenters. The molecule has 5 N–H and O–H groups in total.